The molecule has 11 nitrogen and oxygen atoms in total. The number of rotatable bonds is 10. The molecule has 0 radical (unpaired) electrons. The Bertz CT molecular complexity index is 1340. The van der Waals surface area contributed by atoms with Gasteiger partial charge in [0.1, 0.15) is 28.3 Å². The van der Waals surface area contributed by atoms with Crippen molar-refractivity contribution in [2.75, 3.05) is 24.5 Å². The maximum atomic E-state index is 13.5. The van der Waals surface area contributed by atoms with Gasteiger partial charge >= 0.3 is 12.2 Å². The summed E-state index contributed by atoms with van der Waals surface area (Å²) >= 11 is 11.9. The van der Waals surface area contributed by atoms with Gasteiger partial charge in [-0.25, -0.2) is 18.7 Å². The molecule has 1 aromatic heterocycles. The van der Waals surface area contributed by atoms with Crippen LogP contribution in [0, 0.1) is 5.82 Å². The lowest BCUT2D eigenvalue weighted by Crippen LogP contribution is -2.41. The van der Waals surface area contributed by atoms with Gasteiger partial charge in [-0.05, 0) is 97.9 Å². The minimum Gasteiger partial charge on any atom is -0.444 e. The largest absolute Gasteiger partial charge is 0.444 e. The number of carbonyl (C=O) groups is 3. The van der Waals surface area contributed by atoms with Gasteiger partial charge in [0.2, 0.25) is 0 Å². The molecule has 0 atom stereocenters. The molecule has 0 aliphatic heterocycles. The fourth-order valence-corrected chi connectivity index (χ4v) is 5.02. The van der Waals surface area contributed by atoms with Crippen LogP contribution in [0.3, 0.4) is 0 Å². The van der Waals surface area contributed by atoms with Crippen LogP contribution in [0.4, 0.5) is 19.7 Å². The van der Waals surface area contributed by atoms with Crippen LogP contribution in [-0.2, 0) is 14.3 Å². The molecule has 46 heavy (non-hydrogen) atoms. The van der Waals surface area contributed by atoms with Crippen LogP contribution in [0.1, 0.15) is 86.1 Å². The number of hydrogen-bond donors (Lipinski definition) is 2. The van der Waals surface area contributed by atoms with Crippen LogP contribution in [-0.4, -0.2) is 65.1 Å². The Morgan fingerprint density at radius 2 is 1.52 bits per heavy atom. The summed E-state index contributed by atoms with van der Waals surface area (Å²) in [6, 6.07) is 6.60. The summed E-state index contributed by atoms with van der Waals surface area (Å²) in [5, 5.41) is 9.56. The Labute approximate surface area is 280 Å². The second-order valence-electron chi connectivity index (χ2n) is 12.9. The minimum atomic E-state index is -0.548. The topological polar surface area (TPSA) is 132 Å². The van der Waals surface area contributed by atoms with E-state index in [1.165, 1.54) is 23.0 Å². The number of halogens is 3. The molecule has 14 heteroatoms. The zero-order valence-corrected chi connectivity index (χ0v) is 28.9. The molecule has 0 saturated heterocycles. The highest BCUT2D eigenvalue weighted by Gasteiger charge is 2.29. The monoisotopic (exact) mass is 685 g/mol. The Kier molecular flexibility index (Phi) is 15.3. The van der Waals surface area contributed by atoms with E-state index in [1.54, 1.807) is 32.9 Å². The summed E-state index contributed by atoms with van der Waals surface area (Å²) in [6.07, 6.45) is 5.41. The smallest absolute Gasteiger partial charge is 0.407 e. The van der Waals surface area contributed by atoms with Gasteiger partial charge in [-0.1, -0.05) is 23.2 Å². The number of aldehydes is 1. The fourth-order valence-electron chi connectivity index (χ4n) is 4.76. The van der Waals surface area contributed by atoms with E-state index in [0.717, 1.165) is 37.7 Å². The molecule has 256 valence electrons. The van der Waals surface area contributed by atoms with E-state index in [0.29, 0.717) is 32.5 Å². The molecule has 0 spiro atoms. The molecule has 1 heterocycles. The Balaban J connectivity index is 0.000000521. The number of aromatic nitrogens is 2. The third-order valence-corrected chi connectivity index (χ3v) is 7.44. The zero-order chi connectivity index (χ0) is 34.5. The second-order valence-corrected chi connectivity index (χ2v) is 13.6. The fraction of sp³-hybridized carbons (Fsp3) is 0.594. The Hall–Kier alpha value is -3.38. The molecule has 0 unspecified atom stereocenters. The lowest BCUT2D eigenvalue weighted by Gasteiger charge is -2.38. The van der Waals surface area contributed by atoms with Crippen LogP contribution >= 0.6 is 23.2 Å². The summed E-state index contributed by atoms with van der Waals surface area (Å²) in [5.41, 5.74) is -0.479. The van der Waals surface area contributed by atoms with Gasteiger partial charge in [-0.2, -0.15) is 5.10 Å². The number of nitrogens with one attached hydrogen (secondary N) is 2. The maximum Gasteiger partial charge on any atom is 0.407 e. The molecule has 1 aliphatic carbocycles. The first kappa shape index (κ1) is 38.8. The highest BCUT2D eigenvalue weighted by molar-refractivity contribution is 6.41. The highest BCUT2D eigenvalue weighted by Crippen LogP contribution is 2.33. The van der Waals surface area contributed by atoms with Gasteiger partial charge in [-0.3, -0.25) is 4.79 Å². The Morgan fingerprint density at radius 3 is 2.04 bits per heavy atom. The summed E-state index contributed by atoms with van der Waals surface area (Å²) in [7, 11) is 0. The van der Waals surface area contributed by atoms with Crippen LogP contribution in [0.15, 0.2) is 35.3 Å². The molecular formula is C32H46Cl2FN5O6. The number of benzene rings is 1. The summed E-state index contributed by atoms with van der Waals surface area (Å²) in [4.78, 5) is 47.4. The molecular weight excluding hydrogens is 640 g/mol. The van der Waals surface area contributed by atoms with Crippen molar-refractivity contribution >= 4 is 47.4 Å². The normalized spacial score (nSPS) is 16.4. The number of amides is 2. The predicted molar refractivity (Wildman–Crippen MR) is 177 cm³/mol. The van der Waals surface area contributed by atoms with Crippen molar-refractivity contribution in [3.8, 4) is 0 Å². The number of alkyl carbamates (subject to hydrolysis) is 2. The van der Waals surface area contributed by atoms with Crippen LogP contribution in [0.25, 0.3) is 0 Å². The third-order valence-electron chi connectivity index (χ3n) is 6.69. The number of anilines is 1. The molecule has 2 aromatic rings. The lowest BCUT2D eigenvalue weighted by molar-refractivity contribution is -0.107. The first-order valence-corrected chi connectivity index (χ1v) is 16.1. The van der Waals surface area contributed by atoms with Crippen molar-refractivity contribution in [3.63, 3.8) is 0 Å². The molecule has 3 rings (SSSR count). The van der Waals surface area contributed by atoms with E-state index < -0.39 is 23.4 Å². The average Bonchev–Trinajstić information content (AvgIpc) is 2.96. The quantitative estimate of drug-likeness (QED) is 0.209. The van der Waals surface area contributed by atoms with Crippen LogP contribution < -0.4 is 21.1 Å². The average molecular weight is 687 g/mol. The van der Waals surface area contributed by atoms with Crippen LogP contribution in [0.2, 0.25) is 10.0 Å². The molecule has 1 fully saturated rings. The second kappa shape index (κ2) is 18.1. The summed E-state index contributed by atoms with van der Waals surface area (Å²) in [5.74, 6) is -0.288. The molecule has 1 saturated carbocycles. The Morgan fingerprint density at radius 1 is 0.978 bits per heavy atom. The molecule has 2 N–H and O–H groups in total. The van der Waals surface area contributed by atoms with Gasteiger partial charge in [0, 0.05) is 37.8 Å². The number of ether oxygens (including phenoxy) is 2. The van der Waals surface area contributed by atoms with Crippen molar-refractivity contribution in [3.05, 3.63) is 56.7 Å². The van der Waals surface area contributed by atoms with E-state index >= 15 is 0 Å². The minimum absolute atomic E-state index is 0.00999. The SMILES string of the molecule is CC(C)(C)OC(=O)NCCC=O.CC(C)(C)OC(=O)NCCCN(c1ccc(F)cc1)C1CCC(n2ncc(Cl)c(Cl)c2=O)CC1. The van der Waals surface area contributed by atoms with Gasteiger partial charge in [0.25, 0.3) is 5.56 Å². The first-order chi connectivity index (χ1) is 21.5. The number of hydrogen-bond acceptors (Lipinski definition) is 8. The van der Waals surface area contributed by atoms with Gasteiger partial charge < -0.3 is 29.8 Å². The van der Waals surface area contributed by atoms with Crippen molar-refractivity contribution in [1.29, 1.82) is 0 Å². The van der Waals surface area contributed by atoms with Gasteiger partial charge in [0.15, 0.2) is 0 Å². The third kappa shape index (κ3) is 13.9. The number of nitrogens with zero attached hydrogens (tertiary/aromatic N) is 3. The highest BCUT2D eigenvalue weighted by atomic mass is 35.5. The molecule has 2 amide bonds. The van der Waals surface area contributed by atoms with E-state index in [1.807, 2.05) is 20.8 Å². The predicted octanol–water partition coefficient (Wildman–Crippen LogP) is 6.69. The standard InChI is InChI=1S/C24H31Cl2FN4O3.C8H15NO3/c1-24(2,3)34-23(33)28-13-4-14-30(17-7-5-16(27)6-8-17)18-9-11-19(12-10-18)31-22(32)21(26)20(25)15-29-31;1-8(2,3)12-7(11)9-5-4-6-10/h5-8,15,18-19H,4,9-14H2,1-3H3,(H,28,33);6H,4-5H2,1-3H3,(H,9,11). The zero-order valence-electron chi connectivity index (χ0n) is 27.4. The summed E-state index contributed by atoms with van der Waals surface area (Å²) < 4.78 is 25.1. The molecule has 1 aliphatic rings. The first-order valence-electron chi connectivity index (χ1n) is 15.3. The van der Waals surface area contributed by atoms with E-state index in [9.17, 15) is 23.6 Å². The van der Waals surface area contributed by atoms with Crippen molar-refractivity contribution in [1.82, 2.24) is 20.4 Å². The van der Waals surface area contributed by atoms with E-state index in [-0.39, 0.29) is 33.5 Å². The van der Waals surface area contributed by atoms with Crippen molar-refractivity contribution in [2.24, 2.45) is 0 Å². The summed E-state index contributed by atoms with van der Waals surface area (Å²) in [6.45, 7) is 12.3. The molecule has 0 bridgehead atoms. The number of carbonyl (C=O) groups excluding carboxylic acids is 3. The van der Waals surface area contributed by atoms with Crippen LogP contribution in [0.5, 0.6) is 0 Å². The van der Waals surface area contributed by atoms with Crippen molar-refractivity contribution < 1.29 is 28.2 Å². The van der Waals surface area contributed by atoms with E-state index in [4.69, 9.17) is 32.7 Å². The molecule has 1 aromatic carbocycles. The van der Waals surface area contributed by atoms with Gasteiger partial charge in [0.05, 0.1) is 17.3 Å². The van der Waals surface area contributed by atoms with Crippen molar-refractivity contribution in [2.45, 2.75) is 103 Å². The van der Waals surface area contributed by atoms with Gasteiger partial charge in [-0.15, -0.1) is 0 Å². The maximum absolute atomic E-state index is 13.5. The lowest BCUT2D eigenvalue weighted by atomic mass is 9.89. The van der Waals surface area contributed by atoms with E-state index in [2.05, 4.69) is 20.6 Å².